The average molecular weight is 372 g/mol. The highest BCUT2D eigenvalue weighted by Gasteiger charge is 2.16. The third-order valence-corrected chi connectivity index (χ3v) is 4.33. The molecule has 3 N–H and O–H groups in total. The number of aryl methyl sites for hydroxylation is 2. The lowest BCUT2D eigenvalue weighted by Crippen LogP contribution is -2.46. The summed E-state index contributed by atoms with van der Waals surface area (Å²) in [7, 11) is 0. The maximum atomic E-state index is 5.44. The molecule has 1 aliphatic carbocycles. The number of hydrogen-bond donors (Lipinski definition) is 3. The number of anilines is 1. The van der Waals surface area contributed by atoms with Gasteiger partial charge in [0.25, 0.3) is 0 Å². The van der Waals surface area contributed by atoms with Gasteiger partial charge in [-0.15, -0.1) is 0 Å². The Hall–Kier alpha value is -2.48. The number of thiocarbonyl (C=S) groups is 1. The van der Waals surface area contributed by atoms with Crippen LogP contribution in [0.15, 0.2) is 33.9 Å². The predicted molar refractivity (Wildman–Crippen MR) is 106 cm³/mol. The first-order valence-corrected chi connectivity index (χ1v) is 9.23. The second-order valence-corrected chi connectivity index (χ2v) is 6.83. The second-order valence-electron chi connectivity index (χ2n) is 6.42. The molecule has 0 radical (unpaired) electrons. The van der Waals surface area contributed by atoms with Crippen LogP contribution in [0.4, 0.5) is 5.95 Å². The van der Waals surface area contributed by atoms with Gasteiger partial charge in [0.2, 0.25) is 11.9 Å². The molecule has 0 spiro atoms. The second kappa shape index (κ2) is 8.75. The summed E-state index contributed by atoms with van der Waals surface area (Å²) in [5.74, 6) is 1.74. The van der Waals surface area contributed by atoms with Gasteiger partial charge >= 0.3 is 0 Å². The van der Waals surface area contributed by atoms with Crippen LogP contribution < -0.4 is 16.0 Å². The van der Waals surface area contributed by atoms with E-state index in [0.717, 1.165) is 30.0 Å². The van der Waals surface area contributed by atoms with Crippen molar-refractivity contribution in [1.29, 1.82) is 0 Å². The molecule has 1 saturated carbocycles. The van der Waals surface area contributed by atoms with E-state index in [-0.39, 0.29) is 0 Å². The van der Waals surface area contributed by atoms with Gasteiger partial charge in [-0.25, -0.2) is 15.0 Å². The molecule has 0 unspecified atom stereocenters. The molecule has 0 bridgehead atoms. The lowest BCUT2D eigenvalue weighted by molar-refractivity contribution is 0.512. The molecule has 8 heteroatoms. The Morgan fingerprint density at radius 2 is 2.00 bits per heavy atom. The van der Waals surface area contributed by atoms with Crippen molar-refractivity contribution in [3.8, 4) is 0 Å². The zero-order valence-electron chi connectivity index (χ0n) is 15.1. The standard InChI is InChI=1S/C18H24N6OS/c1-12-10-13(2)21-17(20-12)23-16(19-11-15-8-5-9-25-15)24-18(26)22-14-6-3-4-7-14/h5,8-10,14H,3-4,6-7,11H2,1-2H3,(H3,19,20,21,22,23,24,26). The number of nitrogens with zero attached hydrogens (tertiary/aromatic N) is 3. The monoisotopic (exact) mass is 372 g/mol. The summed E-state index contributed by atoms with van der Waals surface area (Å²) < 4.78 is 5.34. The van der Waals surface area contributed by atoms with Crippen LogP contribution >= 0.6 is 12.2 Å². The van der Waals surface area contributed by atoms with Crippen molar-refractivity contribution in [1.82, 2.24) is 20.6 Å². The van der Waals surface area contributed by atoms with Crippen molar-refractivity contribution in [2.24, 2.45) is 4.99 Å². The van der Waals surface area contributed by atoms with E-state index in [9.17, 15) is 0 Å². The molecule has 2 aromatic rings. The first-order chi connectivity index (χ1) is 12.6. The van der Waals surface area contributed by atoms with Crippen LogP contribution in [0.3, 0.4) is 0 Å². The van der Waals surface area contributed by atoms with E-state index in [4.69, 9.17) is 16.6 Å². The van der Waals surface area contributed by atoms with E-state index in [1.54, 1.807) is 6.26 Å². The van der Waals surface area contributed by atoms with Crippen molar-refractivity contribution in [3.63, 3.8) is 0 Å². The molecular formula is C18H24N6OS. The van der Waals surface area contributed by atoms with Crippen LogP contribution in [-0.4, -0.2) is 27.1 Å². The summed E-state index contributed by atoms with van der Waals surface area (Å²) in [6.07, 6.45) is 6.41. The minimum Gasteiger partial charge on any atom is -0.467 e. The molecule has 0 aromatic carbocycles. The minimum absolute atomic E-state index is 0.388. The van der Waals surface area contributed by atoms with Gasteiger partial charge in [0, 0.05) is 17.4 Å². The third kappa shape index (κ3) is 5.52. The Morgan fingerprint density at radius 3 is 2.65 bits per heavy atom. The van der Waals surface area contributed by atoms with Gasteiger partial charge < -0.3 is 15.1 Å². The van der Waals surface area contributed by atoms with Crippen LogP contribution in [0, 0.1) is 13.8 Å². The number of furan rings is 1. The van der Waals surface area contributed by atoms with Gasteiger partial charge in [-0.3, -0.25) is 5.32 Å². The molecule has 138 valence electrons. The van der Waals surface area contributed by atoms with Crippen molar-refractivity contribution in [2.45, 2.75) is 52.1 Å². The molecule has 3 rings (SSSR count). The molecule has 0 amide bonds. The smallest absolute Gasteiger partial charge is 0.229 e. The summed E-state index contributed by atoms with van der Waals surface area (Å²) >= 11 is 5.44. The molecule has 2 heterocycles. The largest absolute Gasteiger partial charge is 0.467 e. The van der Waals surface area contributed by atoms with Crippen LogP contribution in [0.1, 0.15) is 42.8 Å². The van der Waals surface area contributed by atoms with Crippen molar-refractivity contribution >= 4 is 29.2 Å². The minimum atomic E-state index is 0.388. The van der Waals surface area contributed by atoms with E-state index in [1.807, 2.05) is 32.0 Å². The number of nitrogens with one attached hydrogen (secondary N) is 3. The quantitative estimate of drug-likeness (QED) is 0.432. The molecule has 1 aliphatic rings. The Morgan fingerprint density at radius 1 is 1.27 bits per heavy atom. The number of aromatic nitrogens is 2. The van der Waals surface area contributed by atoms with Gasteiger partial charge in [0.15, 0.2) is 5.11 Å². The number of aliphatic imine (C=N–C) groups is 1. The highest BCUT2D eigenvalue weighted by Crippen LogP contribution is 2.17. The third-order valence-electron chi connectivity index (χ3n) is 4.11. The van der Waals surface area contributed by atoms with Gasteiger partial charge in [0.05, 0.1) is 6.26 Å². The van der Waals surface area contributed by atoms with Gasteiger partial charge in [-0.1, -0.05) is 12.8 Å². The zero-order valence-corrected chi connectivity index (χ0v) is 15.9. The lowest BCUT2D eigenvalue weighted by atomic mass is 10.3. The van der Waals surface area contributed by atoms with Gasteiger partial charge in [-0.2, -0.15) is 0 Å². The average Bonchev–Trinajstić information content (AvgIpc) is 3.25. The highest BCUT2D eigenvalue weighted by molar-refractivity contribution is 7.80. The topological polar surface area (TPSA) is 87.4 Å². The maximum absolute atomic E-state index is 5.44. The van der Waals surface area contributed by atoms with Crippen LogP contribution in [0.2, 0.25) is 0 Å². The van der Waals surface area contributed by atoms with Gasteiger partial charge in [-0.05, 0) is 57.1 Å². The number of hydrogen-bond acceptors (Lipinski definition) is 5. The molecule has 7 nitrogen and oxygen atoms in total. The van der Waals surface area contributed by atoms with Crippen LogP contribution in [-0.2, 0) is 6.54 Å². The fourth-order valence-corrected chi connectivity index (χ4v) is 3.22. The van der Waals surface area contributed by atoms with Crippen molar-refractivity contribution in [3.05, 3.63) is 41.6 Å². The van der Waals surface area contributed by atoms with E-state index >= 15 is 0 Å². The van der Waals surface area contributed by atoms with Crippen molar-refractivity contribution < 1.29 is 4.42 Å². The van der Waals surface area contributed by atoms with E-state index < -0.39 is 0 Å². The Kier molecular flexibility index (Phi) is 6.17. The van der Waals surface area contributed by atoms with E-state index in [2.05, 4.69) is 30.9 Å². The lowest BCUT2D eigenvalue weighted by Gasteiger charge is -2.17. The van der Waals surface area contributed by atoms with Crippen LogP contribution in [0.5, 0.6) is 0 Å². The number of rotatable bonds is 4. The summed E-state index contributed by atoms with van der Waals surface area (Å²) in [5, 5.41) is 10.2. The molecule has 0 atom stereocenters. The first-order valence-electron chi connectivity index (χ1n) is 8.82. The SMILES string of the molecule is Cc1cc(C)nc(NC(=NCc2ccco2)NC(=S)NC2CCCC2)n1. The van der Waals surface area contributed by atoms with Gasteiger partial charge in [0.1, 0.15) is 12.3 Å². The molecule has 0 saturated heterocycles. The fraction of sp³-hybridized carbons (Fsp3) is 0.444. The molecular weight excluding hydrogens is 348 g/mol. The molecule has 2 aromatic heterocycles. The summed E-state index contributed by atoms with van der Waals surface area (Å²) in [6, 6.07) is 6.07. The Balaban J connectivity index is 1.69. The Bertz CT molecular complexity index is 748. The fourth-order valence-electron chi connectivity index (χ4n) is 2.96. The summed E-state index contributed by atoms with van der Waals surface area (Å²) in [4.78, 5) is 13.3. The van der Waals surface area contributed by atoms with Crippen molar-refractivity contribution in [2.75, 3.05) is 5.32 Å². The Labute approximate surface area is 158 Å². The first kappa shape index (κ1) is 18.3. The molecule has 26 heavy (non-hydrogen) atoms. The van der Waals surface area contributed by atoms with E-state index in [0.29, 0.717) is 29.6 Å². The molecule has 0 aliphatic heterocycles. The highest BCUT2D eigenvalue weighted by atomic mass is 32.1. The number of guanidine groups is 1. The van der Waals surface area contributed by atoms with E-state index in [1.165, 1.54) is 12.8 Å². The molecule has 1 fully saturated rings. The zero-order chi connectivity index (χ0) is 18.4. The normalized spacial score (nSPS) is 15.1. The predicted octanol–water partition coefficient (Wildman–Crippen LogP) is 3.06. The van der Waals surface area contributed by atoms with Crippen LogP contribution in [0.25, 0.3) is 0 Å². The summed E-state index contributed by atoms with van der Waals surface area (Å²) in [5.41, 5.74) is 1.77. The summed E-state index contributed by atoms with van der Waals surface area (Å²) in [6.45, 7) is 4.25. The maximum Gasteiger partial charge on any atom is 0.229 e.